The molecule has 0 bridgehead atoms. The number of hydrogen-bond acceptors (Lipinski definition) is 4. The maximum atomic E-state index is 5.88. The molecule has 6 aromatic heterocycles. The number of para-hydroxylation sites is 9. The number of anilines is 2. The molecule has 19 rings (SSSR count). The van der Waals surface area contributed by atoms with Crippen molar-refractivity contribution in [2.24, 2.45) is 0 Å². The van der Waals surface area contributed by atoms with Crippen LogP contribution >= 0.6 is 0 Å². The molecule has 2 atom stereocenters. The summed E-state index contributed by atoms with van der Waals surface area (Å²) in [6.45, 7) is 0. The molecule has 7 heterocycles. The van der Waals surface area contributed by atoms with Crippen molar-refractivity contribution in [3.8, 4) is 29.2 Å². The lowest BCUT2D eigenvalue weighted by Gasteiger charge is -2.33. The van der Waals surface area contributed by atoms with E-state index >= 15 is 0 Å². The minimum absolute atomic E-state index is 0.0463. The van der Waals surface area contributed by atoms with Crippen LogP contribution in [0.2, 0.25) is 0 Å². The molecular formula is C75H47N9. The van der Waals surface area contributed by atoms with E-state index in [-0.39, 0.29) is 12.0 Å². The van der Waals surface area contributed by atoms with Gasteiger partial charge in [0.25, 0.3) is 0 Å². The van der Waals surface area contributed by atoms with Crippen LogP contribution in [0.4, 0.5) is 11.4 Å². The number of benzene rings is 11. The second-order valence-corrected chi connectivity index (χ2v) is 22.3. The minimum atomic E-state index is -0.135. The van der Waals surface area contributed by atoms with Crippen molar-refractivity contribution in [2.45, 2.75) is 12.0 Å². The SMILES string of the molecule is C1=CC2c3ccccc3N(c3ccccc3)C2c2c1c1ccccc1n2-c1nc(-n2c3ccccc3c3c2ccc2c4ccccc4n(-c4ccccc4)c23)nc(-n2c3ccccc3c3c2ccc2c4ccccc4n(-c4ccccc4)c23)n1. The van der Waals surface area contributed by atoms with E-state index in [0.717, 1.165) is 105 Å². The van der Waals surface area contributed by atoms with E-state index in [0.29, 0.717) is 17.8 Å². The highest BCUT2D eigenvalue weighted by Gasteiger charge is 2.44. The Morgan fingerprint density at radius 2 is 0.679 bits per heavy atom. The van der Waals surface area contributed by atoms with Crippen LogP contribution in [-0.4, -0.2) is 37.8 Å². The molecule has 0 saturated carbocycles. The first-order valence-corrected chi connectivity index (χ1v) is 28.8. The Bertz CT molecular complexity index is 5390. The Labute approximate surface area is 480 Å². The molecular weight excluding hydrogens is 1030 g/mol. The van der Waals surface area contributed by atoms with E-state index in [1.165, 1.54) is 32.8 Å². The normalized spacial score (nSPS) is 14.8. The maximum absolute atomic E-state index is 5.88. The summed E-state index contributed by atoms with van der Waals surface area (Å²) in [5.41, 5.74) is 17.6. The van der Waals surface area contributed by atoms with Gasteiger partial charge in [-0.15, -0.1) is 0 Å². The molecule has 0 saturated heterocycles. The lowest BCUT2D eigenvalue weighted by molar-refractivity contribution is 0.629. The lowest BCUT2D eigenvalue weighted by Crippen LogP contribution is -2.27. The maximum Gasteiger partial charge on any atom is 0.241 e. The van der Waals surface area contributed by atoms with Crippen molar-refractivity contribution in [3.05, 3.63) is 284 Å². The van der Waals surface area contributed by atoms with Crippen LogP contribution in [-0.2, 0) is 0 Å². The van der Waals surface area contributed by atoms with E-state index < -0.39 is 0 Å². The van der Waals surface area contributed by atoms with Gasteiger partial charge in [0.05, 0.1) is 61.4 Å². The van der Waals surface area contributed by atoms with Gasteiger partial charge < -0.3 is 14.0 Å². The largest absolute Gasteiger partial charge is 0.331 e. The molecule has 0 fully saturated rings. The van der Waals surface area contributed by atoms with Gasteiger partial charge in [0.15, 0.2) is 0 Å². The standard InChI is InChI=1S/C75H47N9/c1-4-22-46(23-5-1)79-59-34-16-10-28-49(59)53-42-44-65-67(69(53)79)57-32-14-20-38-63(57)82(65)73-76-74(83-64-39-21-15-33-58(64)68-66(83)45-43-54-50-29-11-17-35-60(50)80(70(54)68)47-24-6-2-7-25-47)78-75(77-73)84-62-37-19-13-31-52(62)56-41-40-55-51-30-12-18-36-61(51)81(71(55)72(56)84)48-26-8-3-9-27-48/h1-45,55,71H. The third kappa shape index (κ3) is 6.08. The number of nitrogens with zero attached hydrogens (tertiary/aromatic N) is 9. The molecule has 0 amide bonds. The van der Waals surface area contributed by atoms with E-state index in [1.807, 2.05) is 0 Å². The van der Waals surface area contributed by atoms with E-state index in [4.69, 9.17) is 15.0 Å². The summed E-state index contributed by atoms with van der Waals surface area (Å²) >= 11 is 0. The molecule has 2 aliphatic rings. The Hall–Kier alpha value is -11.3. The molecule has 84 heavy (non-hydrogen) atoms. The number of aromatic nitrogens is 8. The van der Waals surface area contributed by atoms with Crippen LogP contribution in [0.1, 0.15) is 28.8 Å². The highest BCUT2D eigenvalue weighted by molar-refractivity contribution is 6.27. The quantitative estimate of drug-likeness (QED) is 0.166. The molecule has 9 heteroatoms. The summed E-state index contributed by atoms with van der Waals surface area (Å²) in [5.74, 6) is 1.60. The van der Waals surface area contributed by atoms with Crippen molar-refractivity contribution >= 4 is 116 Å². The predicted molar refractivity (Wildman–Crippen MR) is 344 cm³/mol. The second-order valence-electron chi connectivity index (χ2n) is 22.3. The fourth-order valence-corrected chi connectivity index (χ4v) is 14.8. The average molecular weight is 1070 g/mol. The van der Waals surface area contributed by atoms with Crippen LogP contribution in [0.15, 0.2) is 267 Å². The lowest BCUT2D eigenvalue weighted by atomic mass is 9.86. The van der Waals surface area contributed by atoms with Gasteiger partial charge in [0, 0.05) is 82.7 Å². The highest BCUT2D eigenvalue weighted by Crippen LogP contribution is 2.57. The molecule has 9 nitrogen and oxygen atoms in total. The zero-order valence-corrected chi connectivity index (χ0v) is 45.2. The van der Waals surface area contributed by atoms with Gasteiger partial charge in [-0.3, -0.25) is 13.7 Å². The zero-order chi connectivity index (χ0) is 54.7. The van der Waals surface area contributed by atoms with Crippen molar-refractivity contribution in [3.63, 3.8) is 0 Å². The first-order chi connectivity index (χ1) is 41.7. The monoisotopic (exact) mass is 1070 g/mol. The summed E-state index contributed by atoms with van der Waals surface area (Å²) in [6.07, 6.45) is 4.76. The summed E-state index contributed by atoms with van der Waals surface area (Å²) < 4.78 is 11.8. The van der Waals surface area contributed by atoms with Crippen LogP contribution in [0, 0.1) is 0 Å². The number of hydrogen-bond donors (Lipinski definition) is 0. The first-order valence-electron chi connectivity index (χ1n) is 28.8. The summed E-state index contributed by atoms with van der Waals surface area (Å²) in [7, 11) is 0. The van der Waals surface area contributed by atoms with Gasteiger partial charge >= 0.3 is 0 Å². The fraction of sp³-hybridized carbons (Fsp3) is 0.0267. The molecule has 2 unspecified atom stereocenters. The van der Waals surface area contributed by atoms with Gasteiger partial charge in [-0.1, -0.05) is 188 Å². The molecule has 17 aromatic rings. The fourth-order valence-electron chi connectivity index (χ4n) is 14.8. The van der Waals surface area contributed by atoms with E-state index in [9.17, 15) is 0 Å². The molecule has 0 spiro atoms. The Morgan fingerprint density at radius 1 is 0.286 bits per heavy atom. The molecule has 1 aliphatic carbocycles. The van der Waals surface area contributed by atoms with E-state index in [1.54, 1.807) is 0 Å². The summed E-state index contributed by atoms with van der Waals surface area (Å²) in [4.78, 5) is 20.1. The van der Waals surface area contributed by atoms with Crippen molar-refractivity contribution in [2.75, 3.05) is 4.90 Å². The summed E-state index contributed by atoms with van der Waals surface area (Å²) in [6, 6.07) is 94.1. The van der Waals surface area contributed by atoms with Crippen molar-refractivity contribution in [1.82, 2.24) is 37.8 Å². The molecule has 0 N–H and O–H groups in total. The van der Waals surface area contributed by atoms with Crippen LogP contribution in [0.5, 0.6) is 0 Å². The Morgan fingerprint density at radius 3 is 1.19 bits per heavy atom. The molecule has 1 aliphatic heterocycles. The molecule has 392 valence electrons. The Kier molecular flexibility index (Phi) is 9.26. The van der Waals surface area contributed by atoms with Crippen molar-refractivity contribution in [1.29, 1.82) is 0 Å². The van der Waals surface area contributed by atoms with Gasteiger partial charge in [0.2, 0.25) is 17.8 Å². The summed E-state index contributed by atoms with van der Waals surface area (Å²) in [5, 5.41) is 10.3. The molecule has 0 radical (unpaired) electrons. The molecule has 11 aromatic carbocycles. The van der Waals surface area contributed by atoms with E-state index in [2.05, 4.69) is 301 Å². The highest BCUT2D eigenvalue weighted by atomic mass is 15.3. The third-order valence-corrected chi connectivity index (χ3v) is 18.1. The topological polar surface area (TPSA) is 66.6 Å². The third-order valence-electron chi connectivity index (χ3n) is 18.1. The first kappa shape index (κ1) is 45.4. The Balaban J connectivity index is 0.962. The average Bonchev–Trinajstić information content (AvgIpc) is 1.80. The zero-order valence-electron chi connectivity index (χ0n) is 45.2. The smallest absolute Gasteiger partial charge is 0.241 e. The van der Waals surface area contributed by atoms with Gasteiger partial charge in [0.1, 0.15) is 0 Å². The van der Waals surface area contributed by atoms with Gasteiger partial charge in [-0.25, -0.2) is 0 Å². The van der Waals surface area contributed by atoms with Gasteiger partial charge in [-0.05, 0) is 90.5 Å². The number of rotatable bonds is 6. The van der Waals surface area contributed by atoms with Crippen LogP contribution in [0.25, 0.3) is 133 Å². The van der Waals surface area contributed by atoms with Crippen LogP contribution < -0.4 is 4.90 Å². The van der Waals surface area contributed by atoms with Crippen LogP contribution in [0.3, 0.4) is 0 Å². The predicted octanol–water partition coefficient (Wildman–Crippen LogP) is 18.2. The minimum Gasteiger partial charge on any atom is -0.331 e. The second kappa shape index (κ2) is 17.1. The van der Waals surface area contributed by atoms with Crippen molar-refractivity contribution < 1.29 is 0 Å². The van der Waals surface area contributed by atoms with Gasteiger partial charge in [-0.2, -0.15) is 15.0 Å². The number of fused-ring (bicyclic) bond motifs is 21.